The van der Waals surface area contributed by atoms with Crippen molar-refractivity contribution in [2.24, 2.45) is 4.99 Å². The summed E-state index contributed by atoms with van der Waals surface area (Å²) in [4.78, 5) is 40.5. The maximum absolute atomic E-state index is 15.1. The molecule has 15 heteroatoms. The lowest BCUT2D eigenvalue weighted by Gasteiger charge is -2.24. The van der Waals surface area contributed by atoms with Crippen molar-refractivity contribution in [3.05, 3.63) is 114 Å². The lowest BCUT2D eigenvalue weighted by Crippen LogP contribution is -2.34. The van der Waals surface area contributed by atoms with Crippen LogP contribution in [0.15, 0.2) is 102 Å². The Morgan fingerprint density at radius 2 is 1.38 bits per heavy atom. The number of nitrogens with zero attached hydrogens (tertiary/aromatic N) is 3. The number of carboxylic acid groups (broad SMARTS) is 3. The number of anilines is 1. The zero-order chi connectivity index (χ0) is 35.9. The Morgan fingerprint density at radius 3 is 1.92 bits per heavy atom. The average molecular weight is 685 g/mol. The fourth-order valence-electron chi connectivity index (χ4n) is 5.45. The van der Waals surface area contributed by atoms with Gasteiger partial charge in [-0.3, -0.25) is 18.2 Å². The Bertz CT molecular complexity index is 1990. The van der Waals surface area contributed by atoms with Gasteiger partial charge in [0.05, 0.1) is 31.3 Å². The van der Waals surface area contributed by atoms with Crippen LogP contribution in [0.4, 0.5) is 14.3 Å². The van der Waals surface area contributed by atoms with Crippen molar-refractivity contribution in [1.82, 2.24) is 4.48 Å². The van der Waals surface area contributed by atoms with E-state index in [1.165, 1.54) is 44.6 Å². The van der Waals surface area contributed by atoms with Crippen LogP contribution in [0, 0.1) is 0 Å². The van der Waals surface area contributed by atoms with Crippen molar-refractivity contribution < 1.29 is 52.5 Å². The van der Waals surface area contributed by atoms with Gasteiger partial charge in [-0.2, -0.15) is 0 Å². The number of aliphatic carboxylic acids is 3. The second-order valence-corrected chi connectivity index (χ2v) is 10.8. The number of halogens is 2. The number of carboxylic acids is 3. The van der Waals surface area contributed by atoms with E-state index in [0.717, 1.165) is 14.9 Å². The Morgan fingerprint density at radius 1 is 0.780 bits per heavy atom. The quantitative estimate of drug-likeness (QED) is 0.142. The maximum Gasteiger partial charge on any atom is 0.678 e. The van der Waals surface area contributed by atoms with Crippen LogP contribution in [-0.4, -0.2) is 84.7 Å². The predicted octanol–water partition coefficient (Wildman–Crippen LogP) is 5.20. The molecule has 0 atom stereocenters. The molecule has 0 aliphatic carbocycles. The number of carbonyl (C=O) groups is 3. The van der Waals surface area contributed by atoms with Gasteiger partial charge in [0, 0.05) is 22.5 Å². The van der Waals surface area contributed by atoms with Gasteiger partial charge in [0.2, 0.25) is 0 Å². The van der Waals surface area contributed by atoms with Gasteiger partial charge < -0.3 is 38.9 Å². The van der Waals surface area contributed by atoms with E-state index in [1.54, 1.807) is 60.7 Å². The van der Waals surface area contributed by atoms with Crippen LogP contribution in [0.1, 0.15) is 16.8 Å². The van der Waals surface area contributed by atoms with E-state index >= 15 is 8.63 Å². The fourth-order valence-corrected chi connectivity index (χ4v) is 5.45. The van der Waals surface area contributed by atoms with Crippen molar-refractivity contribution in [3.63, 3.8) is 0 Å². The molecule has 5 rings (SSSR count). The Labute approximate surface area is 285 Å². The van der Waals surface area contributed by atoms with Crippen LogP contribution in [-0.2, 0) is 14.4 Å². The van der Waals surface area contributed by atoms with E-state index in [-0.39, 0.29) is 39.7 Å². The van der Waals surface area contributed by atoms with Gasteiger partial charge in [-0.05, 0) is 96.1 Å². The largest absolute Gasteiger partial charge is 0.678 e. The first kappa shape index (κ1) is 34.9. The first-order valence-corrected chi connectivity index (χ1v) is 15.0. The molecule has 4 aromatic rings. The molecule has 0 amide bonds. The van der Waals surface area contributed by atoms with E-state index < -0.39 is 45.0 Å². The molecule has 12 nitrogen and oxygen atoms in total. The van der Waals surface area contributed by atoms with Crippen molar-refractivity contribution in [2.45, 2.75) is 0 Å². The zero-order valence-electron chi connectivity index (χ0n) is 26.7. The van der Waals surface area contributed by atoms with Crippen molar-refractivity contribution >= 4 is 42.3 Å². The zero-order valence-corrected chi connectivity index (χ0v) is 26.7. The van der Waals surface area contributed by atoms with Gasteiger partial charge in [-0.15, -0.1) is 0 Å². The van der Waals surface area contributed by atoms with Crippen LogP contribution in [0.25, 0.3) is 16.8 Å². The minimum Gasteiger partial charge on any atom is -0.497 e. The summed E-state index contributed by atoms with van der Waals surface area (Å²) in [7, 11) is 0.00748. The third kappa shape index (κ3) is 7.84. The molecule has 0 radical (unpaired) electrons. The summed E-state index contributed by atoms with van der Waals surface area (Å²) in [5.41, 5.74) is 2.67. The van der Waals surface area contributed by atoms with Crippen molar-refractivity contribution in [3.8, 4) is 28.5 Å². The summed E-state index contributed by atoms with van der Waals surface area (Å²) in [6, 6.07) is 20.9. The van der Waals surface area contributed by atoms with Gasteiger partial charge in [0.1, 0.15) is 30.3 Å². The smallest absolute Gasteiger partial charge is 0.497 e. The molecule has 3 N–H and O–H groups in total. The molecule has 1 aliphatic heterocycles. The normalized spacial score (nSPS) is 13.0. The molecule has 256 valence electrons. The second kappa shape index (κ2) is 15.2. The molecule has 1 aromatic heterocycles. The van der Waals surface area contributed by atoms with Crippen molar-refractivity contribution in [2.75, 3.05) is 38.8 Å². The van der Waals surface area contributed by atoms with Gasteiger partial charge in [0.25, 0.3) is 0 Å². The average Bonchev–Trinajstić information content (AvgIpc) is 3.76. The lowest BCUT2D eigenvalue weighted by molar-refractivity contribution is -0.140. The van der Waals surface area contributed by atoms with Crippen LogP contribution in [0.5, 0.6) is 17.2 Å². The summed E-state index contributed by atoms with van der Waals surface area (Å²) in [6.45, 7) is -2.35. The van der Waals surface area contributed by atoms with Crippen LogP contribution >= 0.6 is 0 Å². The summed E-state index contributed by atoms with van der Waals surface area (Å²) in [5.74, 6) is -3.07. The van der Waals surface area contributed by atoms with E-state index in [4.69, 9.17) is 19.2 Å². The number of benzene rings is 3. The minimum atomic E-state index is -3.02. The standard InChI is InChI=1S/C35H30BF2N3O9/c1-48-24-8-3-21(4-9-24)26-12-13-27(39-26)35(30-16-15-28(41(30)36(37)38)22-5-10-25(49-2)11-6-22)23-7-14-29(31(17-23)50-20-34(46)47)40(18-32(42)43)19-33(44)45/h3-17H,18-20H2,1-2H3,(H,42,43)(H,44,45)(H,46,47)/b35-27-. The summed E-state index contributed by atoms with van der Waals surface area (Å²) < 4.78 is 47.0. The molecule has 0 saturated heterocycles. The highest BCUT2D eigenvalue weighted by atomic mass is 19.2. The molecule has 3 aromatic carbocycles. The third-order valence-electron chi connectivity index (χ3n) is 7.63. The Balaban J connectivity index is 1.74. The van der Waals surface area contributed by atoms with E-state index in [0.29, 0.717) is 22.8 Å². The van der Waals surface area contributed by atoms with Gasteiger partial charge in [-0.1, -0.05) is 6.07 Å². The topological polar surface area (TPSA) is 160 Å². The number of allylic oxidation sites excluding steroid dienone is 2. The lowest BCUT2D eigenvalue weighted by atomic mass is 9.97. The number of aliphatic imine (C=N–C) groups is 1. The first-order chi connectivity index (χ1) is 24.0. The third-order valence-corrected chi connectivity index (χ3v) is 7.63. The molecule has 2 heterocycles. The number of hydrogen-bond acceptors (Lipinski definition) is 8. The minimum absolute atomic E-state index is 0.0308. The monoisotopic (exact) mass is 685 g/mol. The van der Waals surface area contributed by atoms with Gasteiger partial charge in [-0.25, -0.2) is 9.79 Å². The predicted molar refractivity (Wildman–Crippen MR) is 182 cm³/mol. The molecule has 0 bridgehead atoms. The van der Waals surface area contributed by atoms with Gasteiger partial charge >= 0.3 is 25.3 Å². The molecule has 0 saturated carbocycles. The van der Waals surface area contributed by atoms with E-state index in [2.05, 4.69) is 0 Å². The molecular formula is C35H30BF2N3O9. The van der Waals surface area contributed by atoms with Crippen molar-refractivity contribution in [1.29, 1.82) is 0 Å². The van der Waals surface area contributed by atoms with Crippen LogP contribution < -0.4 is 19.1 Å². The highest BCUT2D eigenvalue weighted by Crippen LogP contribution is 2.39. The summed E-state index contributed by atoms with van der Waals surface area (Å²) in [5, 5.41) is 28.3. The van der Waals surface area contributed by atoms with E-state index in [9.17, 15) is 29.7 Å². The first-order valence-electron chi connectivity index (χ1n) is 15.0. The highest BCUT2D eigenvalue weighted by molar-refractivity contribution is 6.42. The molecular weight excluding hydrogens is 655 g/mol. The Kier molecular flexibility index (Phi) is 10.6. The Hall–Kier alpha value is -6.38. The SMILES string of the molecule is COc1ccc(C2=N/C(=C(/c3ccc(N(CC(=O)O)CC(=O)O)c(OCC(=O)O)c3)c3ccc(-c4ccc(OC)cc4)n3B(F)F)C=C2)cc1. The number of ether oxygens (including phenoxy) is 3. The number of methoxy groups -OCH3 is 2. The molecule has 0 unspecified atom stereocenters. The maximum atomic E-state index is 15.1. The van der Waals surface area contributed by atoms with Crippen LogP contribution in [0.2, 0.25) is 0 Å². The highest BCUT2D eigenvalue weighted by Gasteiger charge is 2.29. The number of aromatic nitrogens is 1. The van der Waals surface area contributed by atoms with Crippen LogP contribution in [0.3, 0.4) is 0 Å². The number of hydrogen-bond donors (Lipinski definition) is 3. The molecule has 1 aliphatic rings. The van der Waals surface area contributed by atoms with E-state index in [1.807, 2.05) is 0 Å². The molecule has 0 spiro atoms. The fraction of sp³-hybridized carbons (Fsp3) is 0.143. The summed E-state index contributed by atoms with van der Waals surface area (Å²) >= 11 is 0. The molecule has 0 fully saturated rings. The number of rotatable bonds is 15. The molecule has 50 heavy (non-hydrogen) atoms. The van der Waals surface area contributed by atoms with Gasteiger partial charge in [0.15, 0.2) is 6.61 Å². The second-order valence-electron chi connectivity index (χ2n) is 10.8. The summed E-state index contributed by atoms with van der Waals surface area (Å²) in [6.07, 6.45) is 3.37.